The predicted octanol–water partition coefficient (Wildman–Crippen LogP) is 5.54. The van der Waals surface area contributed by atoms with Crippen molar-refractivity contribution in [2.45, 2.75) is 49.1 Å². The summed E-state index contributed by atoms with van der Waals surface area (Å²) in [7, 11) is 0. The molecule has 1 aromatic carbocycles. The summed E-state index contributed by atoms with van der Waals surface area (Å²) in [6.07, 6.45) is 6.13. The molecule has 4 aromatic rings. The molecule has 0 radical (unpaired) electrons. The van der Waals surface area contributed by atoms with Crippen LogP contribution < -0.4 is 10.6 Å². The number of hydrogen-bond acceptors (Lipinski definition) is 6. The second kappa shape index (κ2) is 10.2. The van der Waals surface area contributed by atoms with Crippen LogP contribution in [0.3, 0.4) is 0 Å². The van der Waals surface area contributed by atoms with E-state index in [0.717, 1.165) is 22.9 Å². The molecule has 2 N–H and O–H groups in total. The lowest BCUT2D eigenvalue weighted by molar-refractivity contribution is -0.120. The van der Waals surface area contributed by atoms with Crippen molar-refractivity contribution >= 4 is 17.6 Å². The maximum absolute atomic E-state index is 14.9. The maximum Gasteiger partial charge on any atom is 0.253 e. The molecular weight excluding hydrogens is 554 g/mol. The van der Waals surface area contributed by atoms with Gasteiger partial charge in [0.05, 0.1) is 28.8 Å². The Kier molecular flexibility index (Phi) is 6.36. The number of nitrogens with one attached hydrogen (secondary N) is 2. The molecule has 12 heteroatoms. The van der Waals surface area contributed by atoms with Crippen LogP contribution in [-0.4, -0.2) is 26.8 Å². The van der Waals surface area contributed by atoms with E-state index < -0.39 is 41.0 Å². The summed E-state index contributed by atoms with van der Waals surface area (Å²) >= 11 is 0. The van der Waals surface area contributed by atoms with Gasteiger partial charge >= 0.3 is 0 Å². The maximum atomic E-state index is 14.9. The lowest BCUT2D eigenvalue weighted by Crippen LogP contribution is -2.35. The van der Waals surface area contributed by atoms with Crippen molar-refractivity contribution in [3.8, 4) is 0 Å². The largest absolute Gasteiger partial charge is 0.344 e. The van der Waals surface area contributed by atoms with E-state index in [9.17, 15) is 23.9 Å². The summed E-state index contributed by atoms with van der Waals surface area (Å²) in [4.78, 5) is 43.0. The molecule has 3 aromatic heterocycles. The summed E-state index contributed by atoms with van der Waals surface area (Å²) < 4.78 is 29.1. The molecule has 43 heavy (non-hydrogen) atoms. The molecule has 4 heterocycles. The molecule has 4 atom stereocenters. The van der Waals surface area contributed by atoms with Gasteiger partial charge in [-0.15, -0.1) is 0 Å². The number of anilines is 1. The number of carbonyl (C=O) groups excluding carboxylic acids is 2. The Morgan fingerprint density at radius 1 is 1.05 bits per heavy atom. The summed E-state index contributed by atoms with van der Waals surface area (Å²) in [5, 5.41) is 9.88. The average molecular weight is 579 g/mol. The molecule has 2 amide bonds. The summed E-state index contributed by atoms with van der Waals surface area (Å²) in [5.74, 6) is -2.64. The van der Waals surface area contributed by atoms with E-state index >= 15 is 0 Å². The Morgan fingerprint density at radius 3 is 2.72 bits per heavy atom. The summed E-state index contributed by atoms with van der Waals surface area (Å²) in [6.45, 7) is 0. The van der Waals surface area contributed by atoms with E-state index in [1.54, 1.807) is 36.7 Å². The molecule has 214 valence electrons. The Bertz CT molecular complexity index is 1860. The second-order valence-electron chi connectivity index (χ2n) is 11.1. The van der Waals surface area contributed by atoms with Crippen LogP contribution in [0.25, 0.3) is 10.4 Å². The van der Waals surface area contributed by atoms with Crippen molar-refractivity contribution < 1.29 is 18.4 Å². The van der Waals surface area contributed by atoms with Crippen molar-refractivity contribution in [2.24, 2.45) is 5.11 Å². The lowest BCUT2D eigenvalue weighted by atomic mass is 9.80. The second-order valence-corrected chi connectivity index (χ2v) is 11.1. The number of amides is 2. The monoisotopic (exact) mass is 578 g/mol. The molecule has 1 spiro atoms. The van der Waals surface area contributed by atoms with Crippen LogP contribution in [0.2, 0.25) is 0 Å². The number of hydrogen-bond donors (Lipinski definition) is 2. The molecule has 7 rings (SSSR count). The minimum atomic E-state index is -0.991. The van der Waals surface area contributed by atoms with Crippen molar-refractivity contribution in [2.75, 3.05) is 5.32 Å². The number of pyridine rings is 3. The number of nitrogens with zero attached hydrogens (tertiary/aromatic N) is 6. The minimum Gasteiger partial charge on any atom is -0.344 e. The third kappa shape index (κ3) is 4.29. The van der Waals surface area contributed by atoms with Crippen LogP contribution in [0, 0.1) is 11.6 Å². The van der Waals surface area contributed by atoms with Crippen LogP contribution in [0.4, 0.5) is 14.6 Å². The molecule has 0 saturated carbocycles. The Balaban J connectivity index is 1.18. The summed E-state index contributed by atoms with van der Waals surface area (Å²) in [5.41, 5.74) is 12.4. The van der Waals surface area contributed by atoms with Crippen molar-refractivity contribution in [3.63, 3.8) is 0 Å². The minimum absolute atomic E-state index is 0.101. The average Bonchev–Trinajstić information content (AvgIpc) is 3.49. The van der Waals surface area contributed by atoms with Gasteiger partial charge in [-0.05, 0) is 71.7 Å². The Hall–Kier alpha value is -5.22. The molecule has 0 unspecified atom stereocenters. The fraction of sp³-hybridized carbons (Fsp3) is 0.258. The van der Waals surface area contributed by atoms with Crippen molar-refractivity contribution in [1.29, 1.82) is 0 Å². The van der Waals surface area contributed by atoms with Crippen LogP contribution >= 0.6 is 0 Å². The molecule has 3 aliphatic rings. The summed E-state index contributed by atoms with van der Waals surface area (Å²) in [6, 6.07) is 11.3. The molecule has 2 aliphatic carbocycles. The van der Waals surface area contributed by atoms with Gasteiger partial charge in [-0.25, -0.2) is 13.8 Å². The van der Waals surface area contributed by atoms with Gasteiger partial charge in [-0.2, -0.15) is 0 Å². The smallest absolute Gasteiger partial charge is 0.253 e. The highest BCUT2D eigenvalue weighted by molar-refractivity contribution is 6.06. The predicted molar refractivity (Wildman–Crippen MR) is 151 cm³/mol. The van der Waals surface area contributed by atoms with Gasteiger partial charge in [0, 0.05) is 41.2 Å². The number of aromatic nitrogens is 3. The van der Waals surface area contributed by atoms with Gasteiger partial charge in [0.15, 0.2) is 11.6 Å². The highest BCUT2D eigenvalue weighted by Crippen LogP contribution is 2.47. The first kappa shape index (κ1) is 26.7. The van der Waals surface area contributed by atoms with Gasteiger partial charge in [0.25, 0.3) is 5.91 Å². The topological polar surface area (TPSA) is 146 Å². The van der Waals surface area contributed by atoms with Gasteiger partial charge in [0.2, 0.25) is 5.91 Å². The Morgan fingerprint density at radius 2 is 1.86 bits per heavy atom. The standard InChI is InChI=1S/C31H24F2N8O2/c32-22-7-1-4-18(25(22)33)19-8-9-23(27-20(5-2-10-35-27)26(19)40-41-34)38-29(42)17-12-16-13-31(14-24(16)37-15-17)21-6-3-11-36-28(21)39-30(31)43/h1-7,10-12,15,19,23,26H,8-9,13-14H2,(H,38,42)(H,36,39,43)/t19-,23-,26+,31-/m0/s1. The van der Waals surface area contributed by atoms with Crippen LogP contribution in [-0.2, 0) is 23.1 Å². The molecule has 0 fully saturated rings. The third-order valence-corrected chi connectivity index (χ3v) is 8.80. The number of carbonyl (C=O) groups is 2. The van der Waals surface area contributed by atoms with Crippen molar-refractivity contribution in [1.82, 2.24) is 20.3 Å². The fourth-order valence-corrected chi connectivity index (χ4v) is 6.78. The van der Waals surface area contributed by atoms with E-state index in [1.807, 2.05) is 6.07 Å². The highest BCUT2D eigenvalue weighted by atomic mass is 19.2. The lowest BCUT2D eigenvalue weighted by Gasteiger charge is -2.23. The number of fused-ring (bicyclic) bond motifs is 4. The molecule has 1 aliphatic heterocycles. The van der Waals surface area contributed by atoms with Gasteiger partial charge in [0.1, 0.15) is 5.82 Å². The third-order valence-electron chi connectivity index (χ3n) is 8.80. The zero-order valence-corrected chi connectivity index (χ0v) is 22.7. The highest BCUT2D eigenvalue weighted by Gasteiger charge is 2.51. The van der Waals surface area contributed by atoms with Crippen molar-refractivity contribution in [3.05, 3.63) is 128 Å². The van der Waals surface area contributed by atoms with Gasteiger partial charge in [-0.3, -0.25) is 19.6 Å². The fourth-order valence-electron chi connectivity index (χ4n) is 6.78. The number of halogens is 2. The zero-order valence-electron chi connectivity index (χ0n) is 22.7. The van der Waals surface area contributed by atoms with E-state index in [1.165, 1.54) is 18.3 Å². The van der Waals surface area contributed by atoms with E-state index in [2.05, 4.69) is 35.6 Å². The number of benzene rings is 1. The van der Waals surface area contributed by atoms with E-state index in [-0.39, 0.29) is 11.5 Å². The first-order valence-electron chi connectivity index (χ1n) is 13.9. The normalized spacial score (nSPS) is 23.4. The molecule has 10 nitrogen and oxygen atoms in total. The van der Waals surface area contributed by atoms with Gasteiger partial charge in [-0.1, -0.05) is 29.4 Å². The number of azide groups is 1. The van der Waals surface area contributed by atoms with Crippen LogP contribution in [0.5, 0.6) is 0 Å². The van der Waals surface area contributed by atoms with Gasteiger partial charge < -0.3 is 10.6 Å². The molecule has 0 bridgehead atoms. The quantitative estimate of drug-likeness (QED) is 0.141. The number of rotatable bonds is 4. The SMILES string of the molecule is [N-]=[N+]=N[C@H]1c2cccnc2[C@@H](NC(=O)c2cnc3c(c2)C[C@@]2(C3)C(=O)Nc3ncccc32)CC[C@H]1c1cccc(F)c1F. The Labute approximate surface area is 244 Å². The first-order chi connectivity index (χ1) is 20.9. The molecular formula is C31H24F2N8O2. The van der Waals surface area contributed by atoms with Crippen LogP contribution in [0.1, 0.15) is 74.8 Å². The van der Waals surface area contributed by atoms with Crippen LogP contribution in [0.15, 0.2) is 72.2 Å². The molecule has 0 saturated heterocycles. The first-order valence-corrected chi connectivity index (χ1v) is 13.9. The van der Waals surface area contributed by atoms with E-state index in [4.69, 9.17) is 0 Å². The zero-order chi connectivity index (χ0) is 29.7. The van der Waals surface area contributed by atoms with E-state index in [0.29, 0.717) is 48.3 Å².